The van der Waals surface area contributed by atoms with Crippen molar-refractivity contribution < 1.29 is 39.0 Å². The molecule has 1 unspecified atom stereocenters. The molecule has 2 amide bonds. The van der Waals surface area contributed by atoms with E-state index < -0.39 is 36.1 Å². The lowest BCUT2D eigenvalue weighted by Gasteiger charge is -2.35. The fourth-order valence-electron chi connectivity index (χ4n) is 3.74. The normalized spacial score (nSPS) is 15.3. The van der Waals surface area contributed by atoms with Gasteiger partial charge < -0.3 is 30.0 Å². The molecule has 2 heterocycles. The number of benzene rings is 1. The number of hydrogen-bond donors (Lipinski definition) is 3. The van der Waals surface area contributed by atoms with E-state index in [1.807, 2.05) is 6.07 Å². The third kappa shape index (κ3) is 7.95. The molecule has 1 aliphatic rings. The number of ether oxygens (including phenoxy) is 1. The number of carboxylic acids is 1. The number of piperazine rings is 1. The van der Waals surface area contributed by atoms with Crippen molar-refractivity contribution in [2.45, 2.75) is 38.8 Å². The zero-order valence-electron chi connectivity index (χ0n) is 21.2. The van der Waals surface area contributed by atoms with Gasteiger partial charge in [-0.3, -0.25) is 14.4 Å². The van der Waals surface area contributed by atoms with Crippen molar-refractivity contribution in [1.29, 1.82) is 0 Å². The molecular formula is C25H31N5O8. The van der Waals surface area contributed by atoms with Crippen molar-refractivity contribution >= 4 is 23.9 Å². The summed E-state index contributed by atoms with van der Waals surface area (Å²) in [5.41, 5.74) is 0.774. The number of aliphatic hydroxyl groups is 1. The van der Waals surface area contributed by atoms with Crippen molar-refractivity contribution in [2.24, 2.45) is 0 Å². The molecule has 13 nitrogen and oxygen atoms in total. The maximum Gasteiger partial charge on any atom is 0.527 e. The summed E-state index contributed by atoms with van der Waals surface area (Å²) in [5.74, 6) is -2.07. The molecule has 1 aromatic carbocycles. The molecule has 0 bridgehead atoms. The van der Waals surface area contributed by atoms with Crippen molar-refractivity contribution in [2.75, 3.05) is 32.8 Å². The number of aromatic nitrogens is 2. The van der Waals surface area contributed by atoms with Gasteiger partial charge in [-0.15, -0.1) is 5.06 Å². The third-order valence-electron chi connectivity index (χ3n) is 5.71. The zero-order valence-corrected chi connectivity index (χ0v) is 21.2. The van der Waals surface area contributed by atoms with Crippen LogP contribution in [0.15, 0.2) is 36.4 Å². The number of amides is 2. The Morgan fingerprint density at radius 1 is 1.08 bits per heavy atom. The van der Waals surface area contributed by atoms with Crippen LogP contribution in [0.4, 0.5) is 4.79 Å². The predicted octanol–water partition coefficient (Wildman–Crippen LogP) is 1.39. The first-order valence-corrected chi connectivity index (χ1v) is 12.2. The second-order valence-electron chi connectivity index (χ2n) is 8.53. The molecule has 1 saturated heterocycles. The van der Waals surface area contributed by atoms with Gasteiger partial charge in [-0.05, 0) is 26.3 Å². The number of aliphatic carboxylic acids is 1. The molecule has 3 rings (SSSR count). The summed E-state index contributed by atoms with van der Waals surface area (Å²) in [4.78, 5) is 64.4. The monoisotopic (exact) mass is 529 g/mol. The minimum Gasteiger partial charge on any atom is -0.481 e. The first-order chi connectivity index (χ1) is 18.2. The van der Waals surface area contributed by atoms with E-state index in [1.165, 1.54) is 23.0 Å². The first-order valence-electron chi connectivity index (χ1n) is 12.2. The Balaban J connectivity index is 1.75. The molecule has 3 N–H and O–H groups in total. The standard InChI is InChI=1S/C25H31N5O8/c1-3-37-25(36)38-30-13-11-29(12-14-30)24(35)18(9-10-21(32)33)28-23(34)20-15-19(16(2)31)26-22(27-20)17-7-5-4-6-8-17/h4-8,15-16,18,31H,3,9-14H2,1-2H3,(H,28,34)(H,32,33)/t16-,18?/m0/s1. The Morgan fingerprint density at radius 3 is 2.37 bits per heavy atom. The number of carboxylic acid groups (broad SMARTS) is 1. The minimum atomic E-state index is -1.14. The maximum atomic E-state index is 13.3. The maximum absolute atomic E-state index is 13.3. The zero-order chi connectivity index (χ0) is 27.7. The summed E-state index contributed by atoms with van der Waals surface area (Å²) in [6.45, 7) is 4.13. The van der Waals surface area contributed by atoms with E-state index in [-0.39, 0.29) is 62.8 Å². The van der Waals surface area contributed by atoms with Gasteiger partial charge in [0.25, 0.3) is 5.91 Å². The van der Waals surface area contributed by atoms with Crippen LogP contribution in [0.3, 0.4) is 0 Å². The number of rotatable bonds is 10. The van der Waals surface area contributed by atoms with Crippen LogP contribution in [0.1, 0.15) is 49.0 Å². The van der Waals surface area contributed by atoms with Crippen LogP contribution in [0.25, 0.3) is 11.4 Å². The van der Waals surface area contributed by atoms with Crippen molar-refractivity contribution in [3.63, 3.8) is 0 Å². The fraction of sp³-hybridized carbons (Fsp3) is 0.440. The molecule has 1 aromatic heterocycles. The Kier molecular flexibility index (Phi) is 10.1. The Labute approximate surface area is 219 Å². The van der Waals surface area contributed by atoms with E-state index in [9.17, 15) is 29.4 Å². The highest BCUT2D eigenvalue weighted by Crippen LogP contribution is 2.19. The average molecular weight is 530 g/mol. The second-order valence-corrected chi connectivity index (χ2v) is 8.53. The van der Waals surface area contributed by atoms with Gasteiger partial charge in [-0.25, -0.2) is 14.8 Å². The van der Waals surface area contributed by atoms with E-state index >= 15 is 0 Å². The lowest BCUT2D eigenvalue weighted by Crippen LogP contribution is -2.55. The summed E-state index contributed by atoms with van der Waals surface area (Å²) in [6.07, 6.45) is -2.31. The molecule has 1 fully saturated rings. The largest absolute Gasteiger partial charge is 0.527 e. The van der Waals surface area contributed by atoms with E-state index in [0.717, 1.165) is 0 Å². The molecule has 0 saturated carbocycles. The van der Waals surface area contributed by atoms with Gasteiger partial charge in [0.15, 0.2) is 5.82 Å². The number of carbonyl (C=O) groups excluding carboxylic acids is 3. The molecular weight excluding hydrogens is 498 g/mol. The molecule has 2 atom stereocenters. The number of aliphatic hydroxyl groups excluding tert-OH is 1. The van der Waals surface area contributed by atoms with Crippen molar-refractivity contribution in [1.82, 2.24) is 25.2 Å². The van der Waals surface area contributed by atoms with Crippen molar-refractivity contribution in [3.05, 3.63) is 47.8 Å². The van der Waals surface area contributed by atoms with Gasteiger partial charge in [0.1, 0.15) is 11.7 Å². The third-order valence-corrected chi connectivity index (χ3v) is 5.71. The number of hydrogen-bond acceptors (Lipinski definition) is 10. The van der Waals surface area contributed by atoms with Crippen LogP contribution in [0, 0.1) is 0 Å². The van der Waals surface area contributed by atoms with Gasteiger partial charge in [0.2, 0.25) is 5.91 Å². The quantitative estimate of drug-likeness (QED) is 0.380. The minimum absolute atomic E-state index is 0.0736. The number of nitrogens with zero attached hydrogens (tertiary/aromatic N) is 4. The van der Waals surface area contributed by atoms with Crippen molar-refractivity contribution in [3.8, 4) is 11.4 Å². The fourth-order valence-corrected chi connectivity index (χ4v) is 3.74. The van der Waals surface area contributed by atoms with E-state index in [1.54, 1.807) is 31.2 Å². The molecule has 204 valence electrons. The average Bonchev–Trinajstić information content (AvgIpc) is 2.91. The molecule has 13 heteroatoms. The second kappa shape index (κ2) is 13.4. The molecule has 0 spiro atoms. The first kappa shape index (κ1) is 28.5. The lowest BCUT2D eigenvalue weighted by atomic mass is 10.1. The van der Waals surface area contributed by atoms with Crippen LogP contribution >= 0.6 is 0 Å². The van der Waals surface area contributed by atoms with Gasteiger partial charge in [-0.1, -0.05) is 30.3 Å². The molecule has 1 aliphatic heterocycles. The van der Waals surface area contributed by atoms with Crippen LogP contribution in [0.5, 0.6) is 0 Å². The summed E-state index contributed by atoms with van der Waals surface area (Å²) in [6, 6.07) is 9.09. The Morgan fingerprint density at radius 2 is 1.76 bits per heavy atom. The summed E-state index contributed by atoms with van der Waals surface area (Å²) in [7, 11) is 0. The number of hydroxylamine groups is 2. The van der Waals surface area contributed by atoms with Gasteiger partial charge in [0, 0.05) is 25.1 Å². The van der Waals surface area contributed by atoms with Crippen LogP contribution in [-0.4, -0.2) is 92.9 Å². The number of carbonyl (C=O) groups is 4. The Bertz CT molecular complexity index is 1140. The topological polar surface area (TPSA) is 171 Å². The highest BCUT2D eigenvalue weighted by atomic mass is 16.8. The smallest absolute Gasteiger partial charge is 0.481 e. The Hall–Kier alpha value is -4.10. The highest BCUT2D eigenvalue weighted by Gasteiger charge is 2.31. The molecule has 0 aliphatic carbocycles. The van der Waals surface area contributed by atoms with Crippen LogP contribution < -0.4 is 5.32 Å². The van der Waals surface area contributed by atoms with Crippen LogP contribution in [0.2, 0.25) is 0 Å². The highest BCUT2D eigenvalue weighted by molar-refractivity contribution is 5.96. The van der Waals surface area contributed by atoms with E-state index in [2.05, 4.69) is 15.3 Å². The summed E-state index contributed by atoms with van der Waals surface area (Å²) in [5, 5.41) is 23.3. The molecule has 0 radical (unpaired) electrons. The summed E-state index contributed by atoms with van der Waals surface area (Å²) >= 11 is 0. The lowest BCUT2D eigenvalue weighted by molar-refractivity contribution is -0.157. The molecule has 38 heavy (non-hydrogen) atoms. The van der Waals surface area contributed by atoms with Gasteiger partial charge in [0.05, 0.1) is 31.5 Å². The van der Waals surface area contributed by atoms with E-state index in [4.69, 9.17) is 9.57 Å². The SMILES string of the molecule is CCOC(=O)ON1CCN(C(=O)C(CCC(=O)O)NC(=O)c2cc([C@H](C)O)nc(-c3ccccc3)n2)CC1. The number of nitrogens with one attached hydrogen (secondary N) is 1. The predicted molar refractivity (Wildman–Crippen MR) is 132 cm³/mol. The summed E-state index contributed by atoms with van der Waals surface area (Å²) < 4.78 is 4.74. The van der Waals surface area contributed by atoms with E-state index in [0.29, 0.717) is 5.56 Å². The molecule has 2 aromatic rings. The van der Waals surface area contributed by atoms with Gasteiger partial charge in [-0.2, -0.15) is 0 Å². The van der Waals surface area contributed by atoms with Crippen LogP contribution in [-0.2, 0) is 19.2 Å². The van der Waals surface area contributed by atoms with Gasteiger partial charge >= 0.3 is 12.1 Å².